The zero-order valence-corrected chi connectivity index (χ0v) is 28.7. The van der Waals surface area contributed by atoms with Crippen LogP contribution in [0.2, 0.25) is 0 Å². The van der Waals surface area contributed by atoms with Crippen LogP contribution >= 0.6 is 11.3 Å². The number of hydrogen-bond donors (Lipinski definition) is 0. The number of allylic oxidation sites excluding steroid dienone is 10. The van der Waals surface area contributed by atoms with E-state index in [4.69, 9.17) is 0 Å². The highest BCUT2D eigenvalue weighted by molar-refractivity contribution is 7.17. The van der Waals surface area contributed by atoms with Crippen LogP contribution in [0.25, 0.3) is 35.6 Å². The van der Waals surface area contributed by atoms with Crippen molar-refractivity contribution in [1.29, 1.82) is 0 Å². The van der Waals surface area contributed by atoms with Crippen LogP contribution in [0.5, 0.6) is 0 Å². The second kappa shape index (κ2) is 14.0. The van der Waals surface area contributed by atoms with E-state index >= 15 is 0 Å². The molecule has 2 nitrogen and oxygen atoms in total. The number of fused-ring (bicyclic) bond motifs is 2. The van der Waals surface area contributed by atoms with Crippen LogP contribution in [-0.2, 0) is 0 Å². The Morgan fingerprint density at radius 2 is 1.65 bits per heavy atom. The maximum Gasteiger partial charge on any atom is 0.108 e. The number of benzene rings is 3. The first-order valence-corrected chi connectivity index (χ1v) is 16.9. The smallest absolute Gasteiger partial charge is 0.108 e. The number of nitrogens with zero attached hydrogens (tertiary/aromatic N) is 2. The van der Waals surface area contributed by atoms with Crippen molar-refractivity contribution in [3.8, 4) is 0 Å². The molecule has 2 aliphatic heterocycles. The summed E-state index contributed by atoms with van der Waals surface area (Å²) in [4.78, 5) is 5.79. The van der Waals surface area contributed by atoms with Crippen molar-refractivity contribution < 1.29 is 0 Å². The molecule has 0 aliphatic carbocycles. The largest absolute Gasteiger partial charge is 0.309 e. The molecule has 0 fully saturated rings. The minimum atomic E-state index is 0.965. The summed E-state index contributed by atoms with van der Waals surface area (Å²) in [5, 5.41) is 1.11. The number of rotatable bonds is 8. The summed E-state index contributed by atoms with van der Waals surface area (Å²) in [6.45, 7) is 22.9. The van der Waals surface area contributed by atoms with Crippen molar-refractivity contribution in [3.63, 3.8) is 0 Å². The van der Waals surface area contributed by atoms with E-state index in [1.165, 1.54) is 16.8 Å². The SMILES string of the molecule is C=C/C=C\C=C1\c2cc(C3=C/N(c4ccc(C)c(C=C)c4)c4sc(/C=C\C)c(C=C)c4/C=C\C(=C)\C(C)=C\3)ccc2N1c1ccccc1. The van der Waals surface area contributed by atoms with Gasteiger partial charge in [-0.05, 0) is 109 Å². The third-order valence-corrected chi connectivity index (χ3v) is 9.88. The summed E-state index contributed by atoms with van der Waals surface area (Å²) >= 11 is 1.76. The molecule has 48 heavy (non-hydrogen) atoms. The van der Waals surface area contributed by atoms with Crippen molar-refractivity contribution >= 4 is 69.0 Å². The molecule has 0 spiro atoms. The van der Waals surface area contributed by atoms with E-state index in [0.717, 1.165) is 65.9 Å². The molecule has 2 aliphatic rings. The van der Waals surface area contributed by atoms with Crippen molar-refractivity contribution in [2.45, 2.75) is 20.8 Å². The molecule has 0 saturated heterocycles. The topological polar surface area (TPSA) is 6.48 Å². The summed E-state index contributed by atoms with van der Waals surface area (Å²) in [5.41, 5.74) is 14.5. The van der Waals surface area contributed by atoms with Crippen molar-refractivity contribution in [2.24, 2.45) is 0 Å². The summed E-state index contributed by atoms with van der Waals surface area (Å²) < 4.78 is 0. The van der Waals surface area contributed by atoms with Gasteiger partial charge in [0.25, 0.3) is 0 Å². The van der Waals surface area contributed by atoms with Crippen molar-refractivity contribution in [3.05, 3.63) is 191 Å². The molecule has 3 aromatic carbocycles. The first-order chi connectivity index (χ1) is 23.4. The number of aryl methyl sites for hydroxylation is 1. The molecule has 3 heteroatoms. The van der Waals surface area contributed by atoms with E-state index in [1.54, 1.807) is 17.4 Å². The maximum atomic E-state index is 4.44. The first kappa shape index (κ1) is 32.3. The van der Waals surface area contributed by atoms with Gasteiger partial charge in [-0.15, -0.1) is 11.3 Å². The predicted octanol–water partition coefficient (Wildman–Crippen LogP) is 13.3. The molecule has 6 rings (SSSR count). The fraction of sp³-hybridized carbons (Fsp3) is 0.0667. The van der Waals surface area contributed by atoms with E-state index in [0.29, 0.717) is 0 Å². The standard InChI is InChI=1S/C45H40N2S/c1-8-12-14-20-42-41-29-35(23-26-43(41)47(42)37-18-15-13-16-19-37)36-27-33(7)31(5)22-25-40-39(11-4)44(17-9-2)48-45(40)46(30-36)38-24-21-32(6)34(10-3)28-38/h8-30H,1,3-5H2,2,6-7H3/b14-12-,17-9-,25-22-,33-27+,36-30+,42-20-. The van der Waals surface area contributed by atoms with Gasteiger partial charge in [0.2, 0.25) is 0 Å². The maximum absolute atomic E-state index is 4.44. The van der Waals surface area contributed by atoms with Gasteiger partial charge in [0.05, 0.1) is 11.4 Å². The number of anilines is 4. The lowest BCUT2D eigenvalue weighted by Crippen LogP contribution is -2.26. The fourth-order valence-electron chi connectivity index (χ4n) is 6.07. The molecular formula is C45H40N2S. The predicted molar refractivity (Wildman–Crippen MR) is 215 cm³/mol. The molecule has 3 heterocycles. The molecular weight excluding hydrogens is 601 g/mol. The van der Waals surface area contributed by atoms with E-state index < -0.39 is 0 Å². The molecule has 236 valence electrons. The van der Waals surface area contributed by atoms with Gasteiger partial charge in [0.15, 0.2) is 0 Å². The third-order valence-electron chi connectivity index (χ3n) is 8.70. The normalized spacial score (nSPS) is 18.1. The second-order valence-corrected chi connectivity index (χ2v) is 12.8. The molecule has 4 aromatic rings. The number of para-hydroxylation sites is 1. The number of hydrogen-bond acceptors (Lipinski definition) is 3. The molecule has 0 unspecified atom stereocenters. The van der Waals surface area contributed by atoms with Crippen LogP contribution in [0, 0.1) is 6.92 Å². The first-order valence-electron chi connectivity index (χ1n) is 16.1. The molecule has 0 atom stereocenters. The Labute approximate surface area is 289 Å². The van der Waals surface area contributed by atoms with E-state index in [9.17, 15) is 0 Å². The lowest BCUT2D eigenvalue weighted by molar-refractivity contribution is 1.20. The molecule has 0 bridgehead atoms. The van der Waals surface area contributed by atoms with Gasteiger partial charge in [-0.3, -0.25) is 0 Å². The van der Waals surface area contributed by atoms with E-state index in [-0.39, 0.29) is 0 Å². The van der Waals surface area contributed by atoms with Crippen LogP contribution < -0.4 is 9.80 Å². The summed E-state index contributed by atoms with van der Waals surface area (Å²) in [6.07, 6.45) is 24.9. The van der Waals surface area contributed by atoms with Gasteiger partial charge < -0.3 is 9.80 Å². The average Bonchev–Trinajstić information content (AvgIpc) is 3.44. The highest BCUT2D eigenvalue weighted by Crippen LogP contribution is 2.49. The lowest BCUT2D eigenvalue weighted by atomic mass is 9.91. The third kappa shape index (κ3) is 6.09. The van der Waals surface area contributed by atoms with Crippen molar-refractivity contribution in [1.82, 2.24) is 0 Å². The van der Waals surface area contributed by atoms with E-state index in [1.807, 2.05) is 30.4 Å². The van der Waals surface area contributed by atoms with Gasteiger partial charge in [-0.1, -0.05) is 105 Å². The van der Waals surface area contributed by atoms with Crippen molar-refractivity contribution in [2.75, 3.05) is 9.80 Å². The van der Waals surface area contributed by atoms with Crippen LogP contribution in [0.1, 0.15) is 52.1 Å². The van der Waals surface area contributed by atoms with Crippen LogP contribution in [0.15, 0.2) is 153 Å². The Hall–Kier alpha value is -5.64. The van der Waals surface area contributed by atoms with Crippen LogP contribution in [0.4, 0.5) is 22.1 Å². The van der Waals surface area contributed by atoms with Gasteiger partial charge in [0.1, 0.15) is 5.00 Å². The Balaban J connectivity index is 1.60. The highest BCUT2D eigenvalue weighted by Gasteiger charge is 2.30. The van der Waals surface area contributed by atoms with E-state index in [2.05, 4.69) is 160 Å². The molecule has 1 aromatic heterocycles. The number of thiophene rings is 1. The Morgan fingerprint density at radius 3 is 2.38 bits per heavy atom. The summed E-state index contributed by atoms with van der Waals surface area (Å²) in [7, 11) is 0. The van der Waals surface area contributed by atoms with Gasteiger partial charge >= 0.3 is 0 Å². The molecule has 0 amide bonds. The zero-order valence-electron chi connectivity index (χ0n) is 27.9. The Kier molecular flexibility index (Phi) is 9.43. The summed E-state index contributed by atoms with van der Waals surface area (Å²) in [5.74, 6) is 0. The molecule has 0 saturated carbocycles. The minimum absolute atomic E-state index is 0.965. The van der Waals surface area contributed by atoms with Crippen LogP contribution in [0.3, 0.4) is 0 Å². The Morgan fingerprint density at radius 1 is 0.833 bits per heavy atom. The monoisotopic (exact) mass is 640 g/mol. The quantitative estimate of drug-likeness (QED) is 0.177. The highest BCUT2D eigenvalue weighted by atomic mass is 32.1. The minimum Gasteiger partial charge on any atom is -0.309 e. The fourth-order valence-corrected chi connectivity index (χ4v) is 7.33. The Bertz CT molecular complexity index is 2120. The zero-order chi connectivity index (χ0) is 33.8. The van der Waals surface area contributed by atoms with Gasteiger partial charge in [-0.2, -0.15) is 0 Å². The van der Waals surface area contributed by atoms with Crippen LogP contribution in [-0.4, -0.2) is 0 Å². The van der Waals surface area contributed by atoms with Gasteiger partial charge in [0, 0.05) is 39.1 Å². The van der Waals surface area contributed by atoms with Gasteiger partial charge in [-0.25, -0.2) is 0 Å². The average molecular weight is 641 g/mol. The summed E-state index contributed by atoms with van der Waals surface area (Å²) in [6, 6.07) is 23.8. The molecule has 0 N–H and O–H groups in total. The lowest BCUT2D eigenvalue weighted by Gasteiger charge is -2.39. The second-order valence-electron chi connectivity index (χ2n) is 11.8. The molecule has 0 radical (unpaired) electrons.